The Labute approximate surface area is 105 Å². The number of carbonyl (C=O) groups excluding carboxylic acids is 1. The molecule has 0 heterocycles. The van der Waals surface area contributed by atoms with E-state index in [-0.39, 0.29) is 5.97 Å². The van der Waals surface area contributed by atoms with Crippen molar-refractivity contribution in [3.8, 4) is 5.75 Å². The molecule has 0 aromatic heterocycles. The lowest BCUT2D eigenvalue weighted by atomic mass is 10.3. The molecule has 2 aromatic rings. The van der Waals surface area contributed by atoms with Gasteiger partial charge in [-0.2, -0.15) is 5.11 Å². The quantitative estimate of drug-likeness (QED) is 0.462. The van der Waals surface area contributed by atoms with Crippen molar-refractivity contribution >= 4 is 17.3 Å². The topological polar surface area (TPSA) is 51.0 Å². The zero-order valence-corrected chi connectivity index (χ0v) is 9.91. The molecule has 2 aromatic carbocycles. The van der Waals surface area contributed by atoms with Crippen molar-refractivity contribution in [1.29, 1.82) is 0 Å². The number of esters is 1. The second-order valence-corrected chi connectivity index (χ2v) is 3.60. The van der Waals surface area contributed by atoms with Gasteiger partial charge in [-0.3, -0.25) is 4.79 Å². The fourth-order valence-corrected chi connectivity index (χ4v) is 1.39. The lowest BCUT2D eigenvalue weighted by Crippen LogP contribution is -2.01. The largest absolute Gasteiger partial charge is 0.424 e. The summed E-state index contributed by atoms with van der Waals surface area (Å²) in [6, 6.07) is 16.4. The summed E-state index contributed by atoms with van der Waals surface area (Å²) in [5.41, 5.74) is 1.27. The monoisotopic (exact) mass is 240 g/mol. The van der Waals surface area contributed by atoms with Gasteiger partial charge in [-0.1, -0.05) is 30.3 Å². The van der Waals surface area contributed by atoms with E-state index in [2.05, 4.69) is 10.2 Å². The molecule has 18 heavy (non-hydrogen) atoms. The summed E-state index contributed by atoms with van der Waals surface area (Å²) in [5, 5.41) is 8.16. The molecule has 0 atom stereocenters. The minimum atomic E-state index is -0.377. The first-order valence-corrected chi connectivity index (χ1v) is 5.50. The number of para-hydroxylation sites is 1. The van der Waals surface area contributed by atoms with Crippen molar-refractivity contribution in [3.63, 3.8) is 0 Å². The Kier molecular flexibility index (Phi) is 3.81. The molecule has 0 amide bonds. The predicted octanol–water partition coefficient (Wildman–Crippen LogP) is 4.03. The van der Waals surface area contributed by atoms with Crippen LogP contribution in [0.5, 0.6) is 5.75 Å². The number of nitrogens with zero attached hydrogens (tertiary/aromatic N) is 2. The second-order valence-electron chi connectivity index (χ2n) is 3.60. The van der Waals surface area contributed by atoms with Gasteiger partial charge in [-0.05, 0) is 24.3 Å². The Balaban J connectivity index is 2.23. The van der Waals surface area contributed by atoms with Gasteiger partial charge >= 0.3 is 5.97 Å². The minimum Gasteiger partial charge on any atom is -0.424 e. The van der Waals surface area contributed by atoms with Gasteiger partial charge in [-0.15, -0.1) is 5.11 Å². The zero-order chi connectivity index (χ0) is 12.8. The molecule has 90 valence electrons. The molecular formula is C14H12N2O2. The lowest BCUT2D eigenvalue weighted by Gasteiger charge is -2.03. The van der Waals surface area contributed by atoms with Crippen molar-refractivity contribution < 1.29 is 9.53 Å². The van der Waals surface area contributed by atoms with Gasteiger partial charge in [0.25, 0.3) is 0 Å². The van der Waals surface area contributed by atoms with Crippen molar-refractivity contribution in [1.82, 2.24) is 0 Å². The molecule has 0 aliphatic heterocycles. The van der Waals surface area contributed by atoms with Gasteiger partial charge < -0.3 is 4.74 Å². The van der Waals surface area contributed by atoms with Gasteiger partial charge in [0.2, 0.25) is 0 Å². The van der Waals surface area contributed by atoms with Crippen LogP contribution in [0.2, 0.25) is 0 Å². The molecule has 2 rings (SSSR count). The van der Waals surface area contributed by atoms with E-state index in [4.69, 9.17) is 4.74 Å². The molecule has 0 radical (unpaired) electrons. The van der Waals surface area contributed by atoms with Crippen LogP contribution in [0.3, 0.4) is 0 Å². The van der Waals surface area contributed by atoms with E-state index in [1.54, 1.807) is 18.2 Å². The van der Waals surface area contributed by atoms with E-state index in [1.165, 1.54) is 6.92 Å². The SMILES string of the molecule is CC(=O)Oc1ccccc1/N=N/c1ccccc1. The first-order valence-electron chi connectivity index (χ1n) is 5.50. The van der Waals surface area contributed by atoms with E-state index >= 15 is 0 Å². The Morgan fingerprint density at radius 3 is 2.33 bits per heavy atom. The van der Waals surface area contributed by atoms with E-state index in [0.29, 0.717) is 11.4 Å². The summed E-state index contributed by atoms with van der Waals surface area (Å²) in [6.07, 6.45) is 0. The molecule has 0 saturated heterocycles. The fraction of sp³-hybridized carbons (Fsp3) is 0.0714. The third-order valence-electron chi connectivity index (χ3n) is 2.15. The Hall–Kier alpha value is -2.49. The molecule has 0 spiro atoms. The Morgan fingerprint density at radius 2 is 1.61 bits per heavy atom. The smallest absolute Gasteiger partial charge is 0.308 e. The molecule has 0 unspecified atom stereocenters. The highest BCUT2D eigenvalue weighted by atomic mass is 16.5. The van der Waals surface area contributed by atoms with E-state index in [9.17, 15) is 4.79 Å². The Morgan fingerprint density at radius 1 is 0.944 bits per heavy atom. The summed E-state index contributed by atoms with van der Waals surface area (Å²) in [4.78, 5) is 10.9. The van der Waals surface area contributed by atoms with Gasteiger partial charge in [0.1, 0.15) is 5.69 Å². The molecular weight excluding hydrogens is 228 g/mol. The van der Waals surface area contributed by atoms with Gasteiger partial charge in [0.05, 0.1) is 5.69 Å². The average Bonchev–Trinajstić information content (AvgIpc) is 2.38. The van der Waals surface area contributed by atoms with Gasteiger partial charge in [0, 0.05) is 6.92 Å². The number of rotatable bonds is 3. The summed E-state index contributed by atoms with van der Waals surface area (Å²) in [7, 11) is 0. The average molecular weight is 240 g/mol. The maximum absolute atomic E-state index is 10.9. The highest BCUT2D eigenvalue weighted by molar-refractivity contribution is 5.71. The van der Waals surface area contributed by atoms with Crippen LogP contribution in [0.25, 0.3) is 0 Å². The summed E-state index contributed by atoms with van der Waals surface area (Å²) >= 11 is 0. The molecule has 4 heteroatoms. The number of hydrogen-bond donors (Lipinski definition) is 0. The first-order chi connectivity index (χ1) is 8.75. The number of benzene rings is 2. The summed E-state index contributed by atoms with van der Waals surface area (Å²) in [5.74, 6) is 0.0297. The van der Waals surface area contributed by atoms with Crippen LogP contribution in [0, 0.1) is 0 Å². The van der Waals surface area contributed by atoms with Crippen molar-refractivity contribution in [2.45, 2.75) is 6.92 Å². The van der Waals surface area contributed by atoms with Crippen LogP contribution in [-0.2, 0) is 4.79 Å². The fourth-order valence-electron chi connectivity index (χ4n) is 1.39. The minimum absolute atomic E-state index is 0.377. The maximum Gasteiger partial charge on any atom is 0.308 e. The summed E-state index contributed by atoms with van der Waals surface area (Å²) in [6.45, 7) is 1.35. The second kappa shape index (κ2) is 5.72. The van der Waals surface area contributed by atoms with Crippen molar-refractivity contribution in [2.75, 3.05) is 0 Å². The van der Waals surface area contributed by atoms with Crippen LogP contribution < -0.4 is 4.74 Å². The summed E-state index contributed by atoms with van der Waals surface area (Å²) < 4.78 is 5.04. The van der Waals surface area contributed by atoms with E-state index in [1.807, 2.05) is 36.4 Å². The standard InChI is InChI=1S/C14H12N2O2/c1-11(17)18-14-10-6-5-9-13(14)16-15-12-7-3-2-4-8-12/h2-10H,1H3/b16-15+. The normalized spacial score (nSPS) is 10.5. The van der Waals surface area contributed by atoms with Crippen LogP contribution in [0.1, 0.15) is 6.92 Å². The zero-order valence-electron chi connectivity index (χ0n) is 9.91. The number of hydrogen-bond acceptors (Lipinski definition) is 4. The lowest BCUT2D eigenvalue weighted by molar-refractivity contribution is -0.131. The van der Waals surface area contributed by atoms with E-state index < -0.39 is 0 Å². The van der Waals surface area contributed by atoms with Crippen molar-refractivity contribution in [3.05, 3.63) is 54.6 Å². The highest BCUT2D eigenvalue weighted by Crippen LogP contribution is 2.28. The van der Waals surface area contributed by atoms with Crippen LogP contribution in [0.15, 0.2) is 64.8 Å². The van der Waals surface area contributed by atoms with Crippen LogP contribution in [0.4, 0.5) is 11.4 Å². The van der Waals surface area contributed by atoms with Gasteiger partial charge in [-0.25, -0.2) is 0 Å². The number of carbonyl (C=O) groups is 1. The Bertz CT molecular complexity index is 565. The number of ether oxygens (including phenoxy) is 1. The maximum atomic E-state index is 10.9. The first kappa shape index (κ1) is 12.0. The predicted molar refractivity (Wildman–Crippen MR) is 68.4 cm³/mol. The molecule has 0 saturated carbocycles. The van der Waals surface area contributed by atoms with E-state index in [0.717, 1.165) is 5.69 Å². The molecule has 0 aliphatic carbocycles. The molecule has 0 fully saturated rings. The third kappa shape index (κ3) is 3.25. The van der Waals surface area contributed by atoms with Crippen LogP contribution in [-0.4, -0.2) is 5.97 Å². The molecule has 4 nitrogen and oxygen atoms in total. The molecule has 0 bridgehead atoms. The molecule has 0 aliphatic rings. The van der Waals surface area contributed by atoms with Gasteiger partial charge in [0.15, 0.2) is 5.75 Å². The third-order valence-corrected chi connectivity index (χ3v) is 2.15. The number of azo groups is 1. The highest BCUT2D eigenvalue weighted by Gasteiger charge is 2.04. The molecule has 0 N–H and O–H groups in total. The van der Waals surface area contributed by atoms with Crippen LogP contribution >= 0.6 is 0 Å². The van der Waals surface area contributed by atoms with Crippen molar-refractivity contribution in [2.24, 2.45) is 10.2 Å².